The molecule has 0 aromatic carbocycles. The summed E-state index contributed by atoms with van der Waals surface area (Å²) in [5, 5.41) is 0. The number of hydrogen-bond acceptors (Lipinski definition) is 3. The van der Waals surface area contributed by atoms with Crippen molar-refractivity contribution in [1.82, 2.24) is 9.80 Å². The maximum absolute atomic E-state index is 12.3. The van der Waals surface area contributed by atoms with Gasteiger partial charge >= 0.3 is 0 Å². The molecule has 2 unspecified atom stereocenters. The van der Waals surface area contributed by atoms with Crippen molar-refractivity contribution in [2.24, 2.45) is 11.8 Å². The lowest BCUT2D eigenvalue weighted by Crippen LogP contribution is -2.32. The van der Waals surface area contributed by atoms with Crippen LogP contribution in [0.25, 0.3) is 0 Å². The van der Waals surface area contributed by atoms with E-state index in [-0.39, 0.29) is 0 Å². The summed E-state index contributed by atoms with van der Waals surface area (Å²) >= 11 is 0. The SMILES string of the molecule is CN(C)CCC1CCCC(CCN(C)C)C1=O. The van der Waals surface area contributed by atoms with Crippen molar-refractivity contribution in [1.29, 1.82) is 0 Å². The Bertz CT molecular complexity index is 216. The van der Waals surface area contributed by atoms with Crippen LogP contribution in [0.5, 0.6) is 0 Å². The van der Waals surface area contributed by atoms with Gasteiger partial charge in [-0.15, -0.1) is 0 Å². The molecule has 0 bridgehead atoms. The summed E-state index contributed by atoms with van der Waals surface area (Å²) in [5.41, 5.74) is 0. The van der Waals surface area contributed by atoms with E-state index in [1.54, 1.807) is 0 Å². The van der Waals surface area contributed by atoms with Gasteiger partial charge in [0.1, 0.15) is 5.78 Å². The first-order valence-electron chi connectivity index (χ1n) is 6.84. The van der Waals surface area contributed by atoms with Gasteiger partial charge in [0.2, 0.25) is 0 Å². The zero-order chi connectivity index (χ0) is 12.8. The molecule has 0 heterocycles. The fourth-order valence-electron chi connectivity index (χ4n) is 2.63. The summed E-state index contributed by atoms with van der Waals surface area (Å²) in [5.74, 6) is 1.21. The van der Waals surface area contributed by atoms with Crippen molar-refractivity contribution >= 4 is 5.78 Å². The minimum atomic E-state index is 0.332. The van der Waals surface area contributed by atoms with Crippen LogP contribution < -0.4 is 0 Å². The number of carbonyl (C=O) groups excluding carboxylic acids is 1. The number of Topliss-reactive ketones (excluding diaryl/α,β-unsaturated/α-hetero) is 1. The van der Waals surface area contributed by atoms with Gasteiger partial charge in [0, 0.05) is 11.8 Å². The van der Waals surface area contributed by atoms with Gasteiger partial charge in [0.15, 0.2) is 0 Å². The van der Waals surface area contributed by atoms with Crippen molar-refractivity contribution in [2.45, 2.75) is 32.1 Å². The molecule has 100 valence electrons. The van der Waals surface area contributed by atoms with Crippen LogP contribution in [0.1, 0.15) is 32.1 Å². The van der Waals surface area contributed by atoms with Crippen LogP contribution in [0.15, 0.2) is 0 Å². The molecular weight excluding hydrogens is 212 g/mol. The third kappa shape index (κ3) is 5.17. The Morgan fingerprint density at radius 2 is 1.35 bits per heavy atom. The van der Waals surface area contributed by atoms with E-state index in [2.05, 4.69) is 38.0 Å². The van der Waals surface area contributed by atoms with E-state index >= 15 is 0 Å². The fraction of sp³-hybridized carbons (Fsp3) is 0.929. The number of hydrogen-bond donors (Lipinski definition) is 0. The quantitative estimate of drug-likeness (QED) is 0.708. The molecule has 0 aromatic rings. The molecule has 2 atom stereocenters. The van der Waals surface area contributed by atoms with Crippen LogP contribution in [-0.4, -0.2) is 56.9 Å². The number of ketones is 1. The maximum Gasteiger partial charge on any atom is 0.139 e. The standard InChI is InChI=1S/C14H28N2O/c1-15(2)10-8-12-6-5-7-13(14(12)17)9-11-16(3)4/h12-13H,5-11H2,1-4H3. The third-order valence-corrected chi connectivity index (χ3v) is 3.76. The van der Waals surface area contributed by atoms with E-state index in [0.717, 1.165) is 38.8 Å². The van der Waals surface area contributed by atoms with Crippen LogP contribution >= 0.6 is 0 Å². The summed E-state index contributed by atoms with van der Waals surface area (Å²) < 4.78 is 0. The summed E-state index contributed by atoms with van der Waals surface area (Å²) in [7, 11) is 8.32. The number of nitrogens with zero attached hydrogens (tertiary/aromatic N) is 2. The third-order valence-electron chi connectivity index (χ3n) is 3.76. The van der Waals surface area contributed by atoms with E-state index in [1.807, 2.05) is 0 Å². The fourth-order valence-corrected chi connectivity index (χ4v) is 2.63. The van der Waals surface area contributed by atoms with Gasteiger partial charge in [-0.05, 0) is 67.0 Å². The molecule has 0 amide bonds. The van der Waals surface area contributed by atoms with Gasteiger partial charge in [0.25, 0.3) is 0 Å². The van der Waals surface area contributed by atoms with Gasteiger partial charge in [-0.2, -0.15) is 0 Å². The summed E-state index contributed by atoms with van der Waals surface area (Å²) in [6, 6.07) is 0. The lowest BCUT2D eigenvalue weighted by Gasteiger charge is -2.29. The van der Waals surface area contributed by atoms with Crippen LogP contribution in [0.4, 0.5) is 0 Å². The number of carbonyl (C=O) groups is 1. The van der Waals surface area contributed by atoms with Crippen LogP contribution in [0, 0.1) is 11.8 Å². The molecule has 3 heteroatoms. The lowest BCUT2D eigenvalue weighted by molar-refractivity contribution is -0.129. The Morgan fingerprint density at radius 3 is 1.71 bits per heavy atom. The van der Waals surface area contributed by atoms with Crippen molar-refractivity contribution in [3.05, 3.63) is 0 Å². The predicted octanol–water partition coefficient (Wildman–Crippen LogP) is 1.88. The van der Waals surface area contributed by atoms with E-state index < -0.39 is 0 Å². The molecule has 0 aromatic heterocycles. The van der Waals surface area contributed by atoms with Gasteiger partial charge in [-0.3, -0.25) is 4.79 Å². The molecule has 0 spiro atoms. The minimum Gasteiger partial charge on any atom is -0.309 e. The molecule has 1 rings (SSSR count). The van der Waals surface area contributed by atoms with E-state index in [0.29, 0.717) is 17.6 Å². The highest BCUT2D eigenvalue weighted by Crippen LogP contribution is 2.30. The molecule has 1 aliphatic rings. The van der Waals surface area contributed by atoms with E-state index in [4.69, 9.17) is 0 Å². The number of rotatable bonds is 6. The van der Waals surface area contributed by atoms with E-state index in [1.165, 1.54) is 6.42 Å². The van der Waals surface area contributed by atoms with Gasteiger partial charge < -0.3 is 9.80 Å². The highest BCUT2D eigenvalue weighted by atomic mass is 16.1. The maximum atomic E-state index is 12.3. The normalized spacial score (nSPS) is 25.9. The monoisotopic (exact) mass is 240 g/mol. The zero-order valence-electron chi connectivity index (χ0n) is 11.9. The molecule has 17 heavy (non-hydrogen) atoms. The topological polar surface area (TPSA) is 23.6 Å². The van der Waals surface area contributed by atoms with Gasteiger partial charge in [-0.25, -0.2) is 0 Å². The first-order valence-corrected chi connectivity index (χ1v) is 6.84. The average molecular weight is 240 g/mol. The molecule has 0 aliphatic heterocycles. The Morgan fingerprint density at radius 1 is 0.941 bits per heavy atom. The zero-order valence-corrected chi connectivity index (χ0v) is 11.9. The average Bonchev–Trinajstić information content (AvgIpc) is 2.25. The second-order valence-corrected chi connectivity index (χ2v) is 5.91. The molecule has 3 nitrogen and oxygen atoms in total. The first kappa shape index (κ1) is 14.7. The summed E-state index contributed by atoms with van der Waals surface area (Å²) in [6.07, 6.45) is 5.56. The predicted molar refractivity (Wildman–Crippen MR) is 72.2 cm³/mol. The molecule has 1 fully saturated rings. The summed E-state index contributed by atoms with van der Waals surface area (Å²) in [4.78, 5) is 16.7. The first-order chi connectivity index (χ1) is 8.00. The molecule has 0 saturated heterocycles. The molecule has 1 aliphatic carbocycles. The highest BCUT2D eigenvalue weighted by Gasteiger charge is 2.30. The molecule has 1 saturated carbocycles. The highest BCUT2D eigenvalue weighted by molar-refractivity contribution is 5.84. The Kier molecular flexibility index (Phi) is 6.14. The largest absolute Gasteiger partial charge is 0.309 e. The Hall–Kier alpha value is -0.410. The van der Waals surface area contributed by atoms with Crippen molar-refractivity contribution < 1.29 is 4.79 Å². The van der Waals surface area contributed by atoms with E-state index in [9.17, 15) is 4.79 Å². The van der Waals surface area contributed by atoms with Gasteiger partial charge in [-0.1, -0.05) is 6.42 Å². The lowest BCUT2D eigenvalue weighted by atomic mass is 9.77. The van der Waals surface area contributed by atoms with Gasteiger partial charge in [0.05, 0.1) is 0 Å². The molecule has 0 N–H and O–H groups in total. The van der Waals surface area contributed by atoms with Crippen molar-refractivity contribution in [2.75, 3.05) is 41.3 Å². The van der Waals surface area contributed by atoms with Crippen LogP contribution in [0.3, 0.4) is 0 Å². The second kappa shape index (κ2) is 7.12. The smallest absolute Gasteiger partial charge is 0.139 e. The van der Waals surface area contributed by atoms with Crippen molar-refractivity contribution in [3.8, 4) is 0 Å². The second-order valence-electron chi connectivity index (χ2n) is 5.91. The minimum absolute atomic E-state index is 0.332. The van der Waals surface area contributed by atoms with Crippen LogP contribution in [0.2, 0.25) is 0 Å². The molecule has 0 radical (unpaired) electrons. The Balaban J connectivity index is 2.39. The summed E-state index contributed by atoms with van der Waals surface area (Å²) in [6.45, 7) is 2.08. The Labute approximate surface area is 106 Å². The molecular formula is C14H28N2O. The van der Waals surface area contributed by atoms with Crippen LogP contribution in [-0.2, 0) is 4.79 Å². The van der Waals surface area contributed by atoms with Crippen molar-refractivity contribution in [3.63, 3.8) is 0 Å².